The average Bonchev–Trinajstić information content (AvgIpc) is 2.57. The van der Waals surface area contributed by atoms with Crippen molar-refractivity contribution >= 4 is 39.6 Å². The highest BCUT2D eigenvalue weighted by atomic mass is 79.9. The highest BCUT2D eigenvalue weighted by molar-refractivity contribution is 9.10. The highest BCUT2D eigenvalue weighted by Crippen LogP contribution is 2.20. The monoisotopic (exact) mass is 375 g/mol. The summed E-state index contributed by atoms with van der Waals surface area (Å²) in [5.41, 5.74) is 3.44. The van der Waals surface area contributed by atoms with Crippen molar-refractivity contribution in [2.45, 2.75) is 0 Å². The summed E-state index contributed by atoms with van der Waals surface area (Å²) in [5, 5.41) is 6.23. The zero-order valence-electron chi connectivity index (χ0n) is 12.2. The van der Waals surface area contributed by atoms with Crippen molar-refractivity contribution in [2.75, 3.05) is 12.4 Å². The van der Waals surface area contributed by atoms with Gasteiger partial charge in [-0.05, 0) is 57.9 Å². The summed E-state index contributed by atoms with van der Waals surface area (Å²) in [4.78, 5) is 23.4. The molecule has 2 amide bonds. The Morgan fingerprint density at radius 1 is 1.09 bits per heavy atom. The second-order valence-electron chi connectivity index (χ2n) is 4.41. The molecule has 2 aromatic carbocycles. The van der Waals surface area contributed by atoms with Crippen LogP contribution >= 0.6 is 15.9 Å². The minimum Gasteiger partial charge on any atom is -0.497 e. The smallest absolute Gasteiger partial charge is 0.329 e. The number of hydrogen-bond acceptors (Lipinski definition) is 4. The van der Waals surface area contributed by atoms with E-state index < -0.39 is 11.8 Å². The van der Waals surface area contributed by atoms with Crippen LogP contribution < -0.4 is 15.5 Å². The molecule has 0 aliphatic rings. The normalized spacial score (nSPS) is 10.3. The zero-order valence-corrected chi connectivity index (χ0v) is 13.8. The number of anilines is 1. The molecule has 0 spiro atoms. The molecule has 2 N–H and O–H groups in total. The maximum absolute atomic E-state index is 11.8. The van der Waals surface area contributed by atoms with Crippen molar-refractivity contribution < 1.29 is 14.3 Å². The Morgan fingerprint density at radius 2 is 1.78 bits per heavy atom. The summed E-state index contributed by atoms with van der Waals surface area (Å²) >= 11 is 3.28. The van der Waals surface area contributed by atoms with Crippen molar-refractivity contribution in [1.29, 1.82) is 0 Å². The molecule has 2 aromatic rings. The molecule has 0 radical (unpaired) electrons. The number of carbonyl (C=O) groups is 2. The third-order valence-electron chi connectivity index (χ3n) is 2.82. The van der Waals surface area contributed by atoms with E-state index in [2.05, 4.69) is 31.8 Å². The van der Waals surface area contributed by atoms with Gasteiger partial charge in [-0.1, -0.05) is 12.1 Å². The Hall–Kier alpha value is -2.67. The van der Waals surface area contributed by atoms with E-state index in [1.807, 2.05) is 0 Å². The van der Waals surface area contributed by atoms with Crippen LogP contribution in [0, 0.1) is 0 Å². The maximum Gasteiger partial charge on any atom is 0.329 e. The van der Waals surface area contributed by atoms with Crippen LogP contribution in [-0.2, 0) is 9.59 Å². The lowest BCUT2D eigenvalue weighted by Gasteiger charge is -2.05. The summed E-state index contributed by atoms with van der Waals surface area (Å²) in [6.45, 7) is 0. The Kier molecular flexibility index (Phi) is 5.87. The number of hydrogen-bond donors (Lipinski definition) is 2. The molecule has 0 aromatic heterocycles. The summed E-state index contributed by atoms with van der Waals surface area (Å²) in [5.74, 6) is -0.937. The number of hydrazone groups is 1. The molecular weight excluding hydrogens is 362 g/mol. The number of benzene rings is 2. The van der Waals surface area contributed by atoms with Gasteiger partial charge in [-0.2, -0.15) is 5.10 Å². The topological polar surface area (TPSA) is 79.8 Å². The van der Waals surface area contributed by atoms with Crippen molar-refractivity contribution in [3.05, 3.63) is 58.6 Å². The van der Waals surface area contributed by atoms with Gasteiger partial charge in [0, 0.05) is 4.47 Å². The second-order valence-corrected chi connectivity index (χ2v) is 5.26. The first-order valence-electron chi connectivity index (χ1n) is 6.63. The van der Waals surface area contributed by atoms with Crippen molar-refractivity contribution in [3.63, 3.8) is 0 Å². The predicted octanol–water partition coefficient (Wildman–Crippen LogP) is 2.55. The third kappa shape index (κ3) is 4.93. The Bertz CT molecular complexity index is 730. The lowest BCUT2D eigenvalue weighted by Crippen LogP contribution is -2.32. The number of ether oxygens (including phenoxy) is 1. The van der Waals surface area contributed by atoms with E-state index in [4.69, 9.17) is 4.74 Å². The fourth-order valence-electron chi connectivity index (χ4n) is 1.65. The third-order valence-corrected chi connectivity index (χ3v) is 3.52. The van der Waals surface area contributed by atoms with E-state index in [9.17, 15) is 9.59 Å². The fraction of sp³-hybridized carbons (Fsp3) is 0.0625. The Morgan fingerprint density at radius 3 is 2.43 bits per heavy atom. The number of rotatable bonds is 4. The molecule has 0 saturated carbocycles. The summed E-state index contributed by atoms with van der Waals surface area (Å²) in [6.07, 6.45) is 1.43. The molecule has 0 aliphatic carbocycles. The first-order valence-corrected chi connectivity index (χ1v) is 7.42. The maximum atomic E-state index is 11.8. The van der Waals surface area contributed by atoms with Gasteiger partial charge in [0.1, 0.15) is 5.75 Å². The highest BCUT2D eigenvalue weighted by Gasteiger charge is 2.13. The number of nitrogens with zero attached hydrogens (tertiary/aromatic N) is 1. The molecule has 7 heteroatoms. The van der Waals surface area contributed by atoms with Crippen LogP contribution in [0.15, 0.2) is 58.1 Å². The zero-order chi connectivity index (χ0) is 16.7. The van der Waals surface area contributed by atoms with Crippen molar-refractivity contribution in [1.82, 2.24) is 5.43 Å². The molecule has 0 atom stereocenters. The molecule has 23 heavy (non-hydrogen) atoms. The van der Waals surface area contributed by atoms with Gasteiger partial charge in [0.2, 0.25) is 0 Å². The van der Waals surface area contributed by atoms with E-state index in [1.165, 1.54) is 6.21 Å². The number of amides is 2. The van der Waals surface area contributed by atoms with Crippen LogP contribution in [0.1, 0.15) is 5.56 Å². The number of methoxy groups -OCH3 is 1. The van der Waals surface area contributed by atoms with E-state index in [0.717, 1.165) is 11.3 Å². The van der Waals surface area contributed by atoms with Crippen LogP contribution in [-0.4, -0.2) is 25.1 Å². The SMILES string of the molecule is COc1ccc(/C=N/NC(=O)C(=O)Nc2ccccc2Br)cc1. The standard InChI is InChI=1S/C16H14BrN3O3/c1-23-12-8-6-11(7-9-12)10-18-20-16(22)15(21)19-14-5-3-2-4-13(14)17/h2-10H,1H3,(H,19,21)(H,20,22)/b18-10+. The molecule has 6 nitrogen and oxygen atoms in total. The van der Waals surface area contributed by atoms with Gasteiger partial charge in [-0.15, -0.1) is 0 Å². The minimum absolute atomic E-state index is 0.506. The molecular formula is C16H14BrN3O3. The molecule has 0 unspecified atom stereocenters. The molecule has 0 heterocycles. The van der Waals surface area contributed by atoms with E-state index in [0.29, 0.717) is 10.2 Å². The van der Waals surface area contributed by atoms with Crippen molar-refractivity contribution in [2.24, 2.45) is 5.10 Å². The van der Waals surface area contributed by atoms with Crippen LogP contribution in [0.3, 0.4) is 0 Å². The van der Waals surface area contributed by atoms with Gasteiger partial charge in [0.15, 0.2) is 0 Å². The molecule has 0 fully saturated rings. The van der Waals surface area contributed by atoms with Crippen LogP contribution in [0.5, 0.6) is 5.75 Å². The molecule has 118 valence electrons. The summed E-state index contributed by atoms with van der Waals surface area (Å²) < 4.78 is 5.72. The van der Waals surface area contributed by atoms with Gasteiger partial charge in [0.25, 0.3) is 0 Å². The molecule has 0 bridgehead atoms. The molecule has 0 aliphatic heterocycles. The molecule has 2 rings (SSSR count). The Labute approximate surface area is 141 Å². The van der Waals surface area contributed by atoms with E-state index in [-0.39, 0.29) is 0 Å². The number of para-hydroxylation sites is 1. The van der Waals surface area contributed by atoms with Gasteiger partial charge in [-0.3, -0.25) is 9.59 Å². The fourth-order valence-corrected chi connectivity index (χ4v) is 2.03. The average molecular weight is 376 g/mol. The second kappa shape index (κ2) is 8.09. The summed E-state index contributed by atoms with van der Waals surface area (Å²) in [7, 11) is 1.58. The Balaban J connectivity index is 1.89. The van der Waals surface area contributed by atoms with Crippen LogP contribution in [0.25, 0.3) is 0 Å². The van der Waals surface area contributed by atoms with Crippen LogP contribution in [0.2, 0.25) is 0 Å². The first-order chi connectivity index (χ1) is 11.1. The van der Waals surface area contributed by atoms with Gasteiger partial charge < -0.3 is 10.1 Å². The number of carbonyl (C=O) groups excluding carboxylic acids is 2. The molecule has 0 saturated heterocycles. The van der Waals surface area contributed by atoms with Crippen molar-refractivity contribution in [3.8, 4) is 5.75 Å². The lowest BCUT2D eigenvalue weighted by atomic mass is 10.2. The van der Waals surface area contributed by atoms with Gasteiger partial charge >= 0.3 is 11.8 Å². The van der Waals surface area contributed by atoms with E-state index in [1.54, 1.807) is 55.6 Å². The summed E-state index contributed by atoms with van der Waals surface area (Å²) in [6, 6.07) is 14.1. The largest absolute Gasteiger partial charge is 0.497 e. The number of halogens is 1. The minimum atomic E-state index is -0.856. The van der Waals surface area contributed by atoms with E-state index >= 15 is 0 Å². The predicted molar refractivity (Wildman–Crippen MR) is 91.5 cm³/mol. The first kappa shape index (κ1) is 16.7. The number of nitrogens with one attached hydrogen (secondary N) is 2. The lowest BCUT2D eigenvalue weighted by molar-refractivity contribution is -0.136. The quantitative estimate of drug-likeness (QED) is 0.489. The van der Waals surface area contributed by atoms with Gasteiger partial charge in [-0.25, -0.2) is 5.43 Å². The van der Waals surface area contributed by atoms with Crippen LogP contribution in [0.4, 0.5) is 5.69 Å². The van der Waals surface area contributed by atoms with Gasteiger partial charge in [0.05, 0.1) is 19.0 Å².